The molecule has 18 heavy (non-hydrogen) atoms. The fraction of sp³-hybridized carbons (Fsp3) is 0.0667. The Balaban J connectivity index is 2.45. The minimum Gasteiger partial charge on any atom is -0.508 e. The molecule has 0 fully saturated rings. The van der Waals surface area contributed by atoms with E-state index in [4.69, 9.17) is 0 Å². The van der Waals surface area contributed by atoms with E-state index in [2.05, 4.69) is 6.58 Å². The Labute approximate surface area is 105 Å². The Morgan fingerprint density at radius 1 is 1.22 bits per heavy atom. The predicted molar refractivity (Wildman–Crippen MR) is 69.1 cm³/mol. The van der Waals surface area contributed by atoms with Gasteiger partial charge in [0.05, 0.1) is 0 Å². The first kappa shape index (κ1) is 12.0. The van der Waals surface area contributed by atoms with Crippen LogP contribution in [0, 0.1) is 0 Å². The molecule has 0 saturated carbocycles. The molecule has 1 aliphatic rings. The van der Waals surface area contributed by atoms with Crippen LogP contribution in [0.3, 0.4) is 0 Å². The van der Waals surface area contributed by atoms with Gasteiger partial charge in [0.1, 0.15) is 5.75 Å². The van der Waals surface area contributed by atoms with E-state index in [0.29, 0.717) is 23.1 Å². The number of phenols is 1. The molecule has 3 heteroatoms. The second-order valence-electron chi connectivity index (χ2n) is 3.99. The molecule has 1 aromatic rings. The van der Waals surface area contributed by atoms with Gasteiger partial charge in [0.25, 0.3) is 0 Å². The average molecular weight is 240 g/mol. The van der Waals surface area contributed by atoms with Gasteiger partial charge in [-0.3, -0.25) is 9.59 Å². The summed E-state index contributed by atoms with van der Waals surface area (Å²) in [7, 11) is 0. The summed E-state index contributed by atoms with van der Waals surface area (Å²) in [4.78, 5) is 23.0. The van der Waals surface area contributed by atoms with Gasteiger partial charge in [0, 0.05) is 5.57 Å². The summed E-state index contributed by atoms with van der Waals surface area (Å²) >= 11 is 0. The Morgan fingerprint density at radius 2 is 2.00 bits per heavy atom. The molecule has 0 aromatic heterocycles. The molecule has 90 valence electrons. The van der Waals surface area contributed by atoms with Crippen LogP contribution >= 0.6 is 0 Å². The Kier molecular flexibility index (Phi) is 3.24. The molecule has 1 N–H and O–H groups in total. The molecule has 0 amide bonds. The number of carbonyl (C=O) groups excluding carboxylic acids is 2. The van der Waals surface area contributed by atoms with E-state index < -0.39 is 0 Å². The van der Waals surface area contributed by atoms with Crippen molar-refractivity contribution >= 4 is 17.1 Å². The summed E-state index contributed by atoms with van der Waals surface area (Å²) < 4.78 is 0. The summed E-state index contributed by atoms with van der Waals surface area (Å²) in [6.45, 7) is 3.61. The van der Waals surface area contributed by atoms with Crippen LogP contribution in [0.2, 0.25) is 0 Å². The fourth-order valence-electron chi connectivity index (χ4n) is 1.81. The van der Waals surface area contributed by atoms with Gasteiger partial charge in [0.15, 0.2) is 11.6 Å². The first-order valence-corrected chi connectivity index (χ1v) is 5.53. The smallest absolute Gasteiger partial charge is 0.186 e. The molecule has 0 aliphatic heterocycles. The number of carbonyl (C=O) groups is 2. The highest BCUT2D eigenvalue weighted by atomic mass is 16.3. The van der Waals surface area contributed by atoms with E-state index in [9.17, 15) is 14.7 Å². The summed E-state index contributed by atoms with van der Waals surface area (Å²) in [6, 6.07) is 4.84. The molecule has 0 atom stereocenters. The van der Waals surface area contributed by atoms with Crippen molar-refractivity contribution < 1.29 is 14.7 Å². The van der Waals surface area contributed by atoms with Crippen molar-refractivity contribution in [3.8, 4) is 5.75 Å². The minimum atomic E-state index is -0.206. The first-order chi connectivity index (χ1) is 8.61. The first-order valence-electron chi connectivity index (χ1n) is 5.53. The van der Waals surface area contributed by atoms with Crippen LogP contribution in [0.1, 0.15) is 11.1 Å². The molecule has 0 bridgehead atoms. The quantitative estimate of drug-likeness (QED) is 0.651. The maximum absolute atomic E-state index is 11.7. The Hall–Kier alpha value is -2.42. The minimum absolute atomic E-state index is 0.157. The zero-order valence-electron chi connectivity index (χ0n) is 9.72. The standard InChI is InChI=1S/C15H12O3/c1-2-3-11-8-10(4-6-14(11)17)13-9-12(16)5-7-15(13)18/h2,4-9,17H,1,3H2. The maximum atomic E-state index is 11.7. The number of allylic oxidation sites excluding steroid dienone is 5. The fourth-order valence-corrected chi connectivity index (χ4v) is 1.81. The van der Waals surface area contributed by atoms with Gasteiger partial charge in [-0.2, -0.15) is 0 Å². The van der Waals surface area contributed by atoms with E-state index in [1.165, 1.54) is 24.3 Å². The van der Waals surface area contributed by atoms with Crippen LogP contribution in [-0.4, -0.2) is 16.7 Å². The van der Waals surface area contributed by atoms with Gasteiger partial charge in [-0.25, -0.2) is 0 Å². The number of hydrogen-bond donors (Lipinski definition) is 1. The third-order valence-corrected chi connectivity index (χ3v) is 2.71. The average Bonchev–Trinajstić information content (AvgIpc) is 2.35. The second-order valence-corrected chi connectivity index (χ2v) is 3.99. The van der Waals surface area contributed by atoms with Gasteiger partial charge in [-0.05, 0) is 47.9 Å². The Morgan fingerprint density at radius 3 is 2.72 bits per heavy atom. The molecule has 1 aromatic carbocycles. The summed E-state index contributed by atoms with van der Waals surface area (Å²) in [5, 5.41) is 9.65. The number of rotatable bonds is 3. The van der Waals surface area contributed by atoms with Crippen molar-refractivity contribution in [2.24, 2.45) is 0 Å². The van der Waals surface area contributed by atoms with Crippen molar-refractivity contribution in [2.75, 3.05) is 0 Å². The van der Waals surface area contributed by atoms with Crippen LogP contribution < -0.4 is 0 Å². The van der Waals surface area contributed by atoms with Crippen LogP contribution in [0.4, 0.5) is 0 Å². The topological polar surface area (TPSA) is 54.4 Å². The largest absolute Gasteiger partial charge is 0.508 e. The molecule has 0 heterocycles. The highest BCUT2D eigenvalue weighted by Gasteiger charge is 2.16. The van der Waals surface area contributed by atoms with E-state index >= 15 is 0 Å². The van der Waals surface area contributed by atoms with Crippen LogP contribution in [0.25, 0.3) is 5.57 Å². The van der Waals surface area contributed by atoms with E-state index in [1.54, 1.807) is 18.2 Å². The van der Waals surface area contributed by atoms with Crippen molar-refractivity contribution in [3.63, 3.8) is 0 Å². The lowest BCUT2D eigenvalue weighted by Gasteiger charge is -2.09. The van der Waals surface area contributed by atoms with E-state index in [0.717, 1.165) is 0 Å². The summed E-state index contributed by atoms with van der Waals surface area (Å²) in [5.41, 5.74) is 1.67. The molecule has 0 spiro atoms. The van der Waals surface area contributed by atoms with E-state index in [1.807, 2.05) is 0 Å². The molecular formula is C15H12O3. The molecule has 0 saturated heterocycles. The normalized spacial score (nSPS) is 14.6. The van der Waals surface area contributed by atoms with Crippen molar-refractivity contribution in [3.05, 3.63) is 60.2 Å². The van der Waals surface area contributed by atoms with Crippen molar-refractivity contribution in [2.45, 2.75) is 6.42 Å². The van der Waals surface area contributed by atoms with Gasteiger partial charge < -0.3 is 5.11 Å². The summed E-state index contributed by atoms with van der Waals surface area (Å²) in [6.07, 6.45) is 5.99. The third-order valence-electron chi connectivity index (χ3n) is 2.71. The van der Waals surface area contributed by atoms with Crippen LogP contribution in [0.5, 0.6) is 5.75 Å². The second kappa shape index (κ2) is 4.84. The SMILES string of the molecule is C=CCc1cc(C2=CC(=O)C=CC2=O)ccc1O. The Bertz CT molecular complexity index is 592. The molecule has 1 aliphatic carbocycles. The molecule has 0 radical (unpaired) electrons. The molecule has 2 rings (SSSR count). The van der Waals surface area contributed by atoms with Crippen molar-refractivity contribution in [1.82, 2.24) is 0 Å². The number of benzene rings is 1. The number of phenolic OH excluding ortho intramolecular Hbond substituents is 1. The number of ketones is 2. The maximum Gasteiger partial charge on any atom is 0.186 e. The lowest BCUT2D eigenvalue weighted by molar-refractivity contribution is -0.113. The third kappa shape index (κ3) is 2.30. The molecule has 0 unspecified atom stereocenters. The van der Waals surface area contributed by atoms with Gasteiger partial charge >= 0.3 is 0 Å². The lowest BCUT2D eigenvalue weighted by Crippen LogP contribution is -2.06. The van der Waals surface area contributed by atoms with Crippen molar-refractivity contribution in [1.29, 1.82) is 0 Å². The highest BCUT2D eigenvalue weighted by Crippen LogP contribution is 2.25. The van der Waals surface area contributed by atoms with Crippen LogP contribution in [-0.2, 0) is 16.0 Å². The lowest BCUT2D eigenvalue weighted by atomic mass is 9.94. The number of hydrogen-bond acceptors (Lipinski definition) is 3. The molecular weight excluding hydrogens is 228 g/mol. The molecule has 3 nitrogen and oxygen atoms in total. The van der Waals surface area contributed by atoms with Gasteiger partial charge in [-0.1, -0.05) is 12.1 Å². The zero-order valence-corrected chi connectivity index (χ0v) is 9.72. The van der Waals surface area contributed by atoms with Gasteiger partial charge in [0.2, 0.25) is 0 Å². The summed E-state index contributed by atoms with van der Waals surface area (Å²) in [5.74, 6) is -0.253. The predicted octanol–water partition coefficient (Wildman–Crippen LogP) is 2.21. The zero-order chi connectivity index (χ0) is 13.1. The highest BCUT2D eigenvalue weighted by molar-refractivity contribution is 6.33. The van der Waals surface area contributed by atoms with Crippen LogP contribution in [0.15, 0.2) is 49.1 Å². The monoisotopic (exact) mass is 240 g/mol. The van der Waals surface area contributed by atoms with E-state index in [-0.39, 0.29) is 17.3 Å². The number of aromatic hydroxyl groups is 1. The van der Waals surface area contributed by atoms with Gasteiger partial charge in [-0.15, -0.1) is 6.58 Å².